The number of pyridine rings is 2. The number of carbonyl (C=O) groups is 2. The molecule has 0 radical (unpaired) electrons. The van der Waals surface area contributed by atoms with Gasteiger partial charge in [0.05, 0.1) is 11.4 Å². The highest BCUT2D eigenvalue weighted by atomic mass is 16.2. The maximum atomic E-state index is 13.2. The molecule has 0 spiro atoms. The molecule has 1 aromatic carbocycles. The molecule has 0 fully saturated rings. The average Bonchev–Trinajstić information content (AvgIpc) is 2.97. The van der Waals surface area contributed by atoms with E-state index in [1.807, 2.05) is 38.4 Å². The summed E-state index contributed by atoms with van der Waals surface area (Å²) in [6.07, 6.45) is 6.55. The number of amides is 2. The highest BCUT2D eigenvalue weighted by Gasteiger charge is 2.45. The highest BCUT2D eigenvalue weighted by Crippen LogP contribution is 2.38. The quantitative estimate of drug-likeness (QED) is 0.342. The van der Waals surface area contributed by atoms with Gasteiger partial charge in [0, 0.05) is 50.5 Å². The third-order valence-corrected chi connectivity index (χ3v) is 7.74. The van der Waals surface area contributed by atoms with Crippen molar-refractivity contribution < 1.29 is 9.59 Å². The number of aromatic nitrogens is 2. The Morgan fingerprint density at radius 3 is 2.41 bits per heavy atom. The molecule has 0 saturated carbocycles. The molecule has 1 aliphatic heterocycles. The summed E-state index contributed by atoms with van der Waals surface area (Å²) in [7, 11) is 1.78. The molecule has 206 valence electrons. The molecule has 3 aromatic rings. The van der Waals surface area contributed by atoms with Gasteiger partial charge in [0.15, 0.2) is 0 Å². The van der Waals surface area contributed by atoms with Crippen LogP contribution >= 0.6 is 0 Å². The minimum Gasteiger partial charge on any atom is -0.313 e. The van der Waals surface area contributed by atoms with Crippen LogP contribution in [0.15, 0.2) is 54.9 Å². The molecule has 1 aliphatic rings. The van der Waals surface area contributed by atoms with Crippen molar-refractivity contribution in [1.29, 1.82) is 0 Å². The number of carbonyl (C=O) groups excluding carboxylic acids is 2. The van der Waals surface area contributed by atoms with Gasteiger partial charge in [0.25, 0.3) is 0 Å². The summed E-state index contributed by atoms with van der Waals surface area (Å²) in [6.45, 7) is 12.7. The summed E-state index contributed by atoms with van der Waals surface area (Å²) in [5.41, 5.74) is 6.27. The first kappa shape index (κ1) is 28.4. The molecular formula is C32H41N5O2. The van der Waals surface area contributed by atoms with Crippen molar-refractivity contribution in [3.05, 3.63) is 82.9 Å². The molecule has 4 rings (SSSR count). The first-order valence-corrected chi connectivity index (χ1v) is 13.9. The van der Waals surface area contributed by atoms with Gasteiger partial charge in [0.2, 0.25) is 11.8 Å². The van der Waals surface area contributed by atoms with Crippen molar-refractivity contribution >= 4 is 23.2 Å². The van der Waals surface area contributed by atoms with Gasteiger partial charge in [-0.05, 0) is 101 Å². The van der Waals surface area contributed by atoms with E-state index in [1.54, 1.807) is 30.7 Å². The Bertz CT molecular complexity index is 1320. The summed E-state index contributed by atoms with van der Waals surface area (Å²) in [5.74, 6) is -0.330. The van der Waals surface area contributed by atoms with Gasteiger partial charge in [0.1, 0.15) is 5.41 Å². The summed E-state index contributed by atoms with van der Waals surface area (Å²) in [4.78, 5) is 41.2. The van der Waals surface area contributed by atoms with Crippen molar-refractivity contribution in [3.8, 4) is 0 Å². The fourth-order valence-corrected chi connectivity index (χ4v) is 5.34. The Morgan fingerprint density at radius 1 is 0.923 bits per heavy atom. The van der Waals surface area contributed by atoms with Gasteiger partial charge in [-0.3, -0.25) is 24.5 Å². The molecule has 39 heavy (non-hydrogen) atoms. The lowest BCUT2D eigenvalue weighted by atomic mass is 9.90. The van der Waals surface area contributed by atoms with E-state index in [1.165, 1.54) is 11.1 Å². The predicted octanol–water partition coefficient (Wildman–Crippen LogP) is 5.13. The molecule has 0 atom stereocenters. The van der Waals surface area contributed by atoms with Gasteiger partial charge in [-0.1, -0.05) is 18.2 Å². The van der Waals surface area contributed by atoms with Crippen molar-refractivity contribution in [1.82, 2.24) is 14.9 Å². The zero-order chi connectivity index (χ0) is 28.2. The second kappa shape index (κ2) is 12.1. The Kier molecular flexibility index (Phi) is 8.80. The van der Waals surface area contributed by atoms with Crippen LogP contribution in [-0.4, -0.2) is 53.4 Å². The molecule has 0 bridgehead atoms. The Labute approximate surface area is 232 Å². The molecule has 3 heterocycles. The normalized spacial score (nSPS) is 15.1. The summed E-state index contributed by atoms with van der Waals surface area (Å²) in [5, 5.41) is 0. The van der Waals surface area contributed by atoms with Crippen LogP contribution in [0.3, 0.4) is 0 Å². The van der Waals surface area contributed by atoms with Crippen LogP contribution in [0.5, 0.6) is 0 Å². The second-order valence-electron chi connectivity index (χ2n) is 11.0. The SMILES string of the molecule is CCN1C(=O)C(C)(C)C(=O)N(C)c2cc(CCCN(CCc3cccnc3)Cc3ccc(C)nc3C)ccc21. The highest BCUT2D eigenvalue weighted by molar-refractivity contribution is 6.19. The number of aryl methyl sites for hydroxylation is 3. The summed E-state index contributed by atoms with van der Waals surface area (Å²) >= 11 is 0. The zero-order valence-corrected chi connectivity index (χ0v) is 24.2. The van der Waals surface area contributed by atoms with Gasteiger partial charge in [-0.25, -0.2) is 0 Å². The molecule has 0 aliphatic carbocycles. The molecular weight excluding hydrogens is 486 g/mol. The predicted molar refractivity (Wildman–Crippen MR) is 157 cm³/mol. The maximum Gasteiger partial charge on any atom is 0.242 e. The van der Waals surface area contributed by atoms with Crippen LogP contribution in [0.1, 0.15) is 55.3 Å². The number of hydrogen-bond acceptors (Lipinski definition) is 5. The average molecular weight is 528 g/mol. The molecule has 0 N–H and O–H groups in total. The molecule has 7 heteroatoms. The van der Waals surface area contributed by atoms with E-state index >= 15 is 0 Å². The van der Waals surface area contributed by atoms with E-state index in [0.717, 1.165) is 67.2 Å². The van der Waals surface area contributed by atoms with Crippen molar-refractivity contribution in [3.63, 3.8) is 0 Å². The smallest absolute Gasteiger partial charge is 0.242 e. The number of anilines is 2. The van der Waals surface area contributed by atoms with E-state index in [2.05, 4.69) is 52.1 Å². The minimum atomic E-state index is -1.10. The standard InChI is InChI=1S/C32H41N5O2/c1-7-37-28-15-13-25(20-29(28)35(6)30(38)32(4,5)31(37)39)11-9-18-36(19-16-26-10-8-17-33-21-26)22-27-14-12-23(2)34-24(27)3/h8,10,12-15,17,20-21H,7,9,11,16,18-19,22H2,1-6H3. The van der Waals surface area contributed by atoms with E-state index in [9.17, 15) is 9.59 Å². The number of benzene rings is 1. The van der Waals surface area contributed by atoms with E-state index < -0.39 is 5.41 Å². The molecule has 2 amide bonds. The van der Waals surface area contributed by atoms with E-state index in [4.69, 9.17) is 0 Å². The van der Waals surface area contributed by atoms with Crippen molar-refractivity contribution in [2.75, 3.05) is 36.5 Å². The molecule has 0 unspecified atom stereocenters. The van der Waals surface area contributed by atoms with Crippen LogP contribution in [0, 0.1) is 19.3 Å². The lowest BCUT2D eigenvalue weighted by molar-refractivity contribution is -0.137. The fraction of sp³-hybridized carbons (Fsp3) is 0.438. The van der Waals surface area contributed by atoms with Crippen LogP contribution in [0.25, 0.3) is 0 Å². The van der Waals surface area contributed by atoms with Crippen LogP contribution < -0.4 is 9.80 Å². The van der Waals surface area contributed by atoms with Crippen LogP contribution in [-0.2, 0) is 29.0 Å². The topological polar surface area (TPSA) is 69.6 Å². The zero-order valence-electron chi connectivity index (χ0n) is 24.2. The third-order valence-electron chi connectivity index (χ3n) is 7.74. The van der Waals surface area contributed by atoms with Gasteiger partial charge >= 0.3 is 0 Å². The third kappa shape index (κ3) is 6.36. The number of rotatable bonds is 10. The molecule has 7 nitrogen and oxygen atoms in total. The fourth-order valence-electron chi connectivity index (χ4n) is 5.34. The number of hydrogen-bond donors (Lipinski definition) is 0. The van der Waals surface area contributed by atoms with Gasteiger partial charge in [-0.2, -0.15) is 0 Å². The first-order valence-electron chi connectivity index (χ1n) is 13.9. The van der Waals surface area contributed by atoms with E-state index in [-0.39, 0.29) is 11.8 Å². The maximum absolute atomic E-state index is 13.2. The Morgan fingerprint density at radius 2 is 1.72 bits per heavy atom. The van der Waals surface area contributed by atoms with E-state index in [0.29, 0.717) is 6.54 Å². The monoisotopic (exact) mass is 527 g/mol. The second-order valence-corrected chi connectivity index (χ2v) is 11.0. The molecule has 2 aromatic heterocycles. The Balaban J connectivity index is 1.49. The first-order chi connectivity index (χ1) is 18.6. The number of nitrogens with zero attached hydrogens (tertiary/aromatic N) is 5. The largest absolute Gasteiger partial charge is 0.313 e. The van der Waals surface area contributed by atoms with Gasteiger partial charge in [-0.15, -0.1) is 0 Å². The van der Waals surface area contributed by atoms with Crippen molar-refractivity contribution in [2.24, 2.45) is 5.41 Å². The lowest BCUT2D eigenvalue weighted by Crippen LogP contribution is -2.47. The van der Waals surface area contributed by atoms with Crippen molar-refractivity contribution in [2.45, 2.75) is 60.4 Å². The van der Waals surface area contributed by atoms with Crippen LogP contribution in [0.2, 0.25) is 0 Å². The Hall–Kier alpha value is -3.58. The van der Waals surface area contributed by atoms with Gasteiger partial charge < -0.3 is 9.80 Å². The minimum absolute atomic E-state index is 0.154. The lowest BCUT2D eigenvalue weighted by Gasteiger charge is -2.27. The summed E-state index contributed by atoms with van der Waals surface area (Å²) in [6, 6.07) is 14.6. The van der Waals surface area contributed by atoms with Crippen LogP contribution in [0.4, 0.5) is 11.4 Å². The summed E-state index contributed by atoms with van der Waals surface area (Å²) < 4.78 is 0. The molecule has 0 saturated heterocycles. The number of fused-ring (bicyclic) bond motifs is 1.